The minimum atomic E-state index is 0.485. The Labute approximate surface area is 117 Å². The van der Waals surface area contributed by atoms with Crippen LogP contribution in [-0.2, 0) is 0 Å². The van der Waals surface area contributed by atoms with Crippen LogP contribution in [0.1, 0.15) is 6.42 Å². The maximum Gasteiger partial charge on any atom is 0.203 e. The number of nitrogen functional groups attached to an aromatic ring is 1. The van der Waals surface area contributed by atoms with Gasteiger partial charge in [-0.25, -0.2) is 0 Å². The van der Waals surface area contributed by atoms with Gasteiger partial charge in [-0.1, -0.05) is 11.3 Å². The highest BCUT2D eigenvalue weighted by atomic mass is 32.1. The molecule has 1 heterocycles. The smallest absolute Gasteiger partial charge is 0.203 e. The van der Waals surface area contributed by atoms with E-state index < -0.39 is 0 Å². The van der Waals surface area contributed by atoms with Crippen molar-refractivity contribution in [1.29, 1.82) is 0 Å². The molecule has 0 aliphatic carbocycles. The van der Waals surface area contributed by atoms with Crippen LogP contribution in [0.4, 0.5) is 5.13 Å². The Morgan fingerprint density at radius 1 is 1.21 bits per heavy atom. The molecule has 19 heavy (non-hydrogen) atoms. The molecule has 0 bridgehead atoms. The molecule has 0 radical (unpaired) electrons. The zero-order valence-corrected chi connectivity index (χ0v) is 12.0. The van der Waals surface area contributed by atoms with Crippen molar-refractivity contribution in [2.45, 2.75) is 6.42 Å². The first-order valence-corrected chi connectivity index (χ1v) is 6.94. The molecule has 0 spiro atoms. The van der Waals surface area contributed by atoms with Crippen LogP contribution in [0, 0.1) is 0 Å². The summed E-state index contributed by atoms with van der Waals surface area (Å²) in [4.78, 5) is 2.15. The van der Waals surface area contributed by atoms with E-state index in [0.29, 0.717) is 5.13 Å². The molecule has 1 aromatic heterocycles. The molecule has 0 saturated heterocycles. The molecule has 0 aliphatic rings. The molecule has 0 unspecified atom stereocenters. The van der Waals surface area contributed by atoms with Gasteiger partial charge in [-0.2, -0.15) is 0 Å². The predicted octanol–water partition coefficient (Wildman–Crippen LogP) is 2.12. The topological polar surface area (TPSA) is 64.3 Å². The number of hydrogen-bond donors (Lipinski definition) is 1. The monoisotopic (exact) mass is 278 g/mol. The summed E-state index contributed by atoms with van der Waals surface area (Å²) in [7, 11) is 4.12. The van der Waals surface area contributed by atoms with Crippen LogP contribution in [0.25, 0.3) is 10.6 Å². The van der Waals surface area contributed by atoms with Gasteiger partial charge < -0.3 is 15.4 Å². The van der Waals surface area contributed by atoms with E-state index in [2.05, 4.69) is 29.2 Å². The fourth-order valence-corrected chi connectivity index (χ4v) is 2.23. The average Bonchev–Trinajstić information content (AvgIpc) is 2.82. The molecule has 2 aromatic rings. The highest BCUT2D eigenvalue weighted by Gasteiger charge is 2.04. The number of aromatic nitrogens is 2. The van der Waals surface area contributed by atoms with E-state index in [4.69, 9.17) is 10.5 Å². The number of anilines is 1. The fraction of sp³-hybridized carbons (Fsp3) is 0.385. The third-order valence-corrected chi connectivity index (χ3v) is 3.36. The Bertz CT molecular complexity index is 510. The normalized spacial score (nSPS) is 10.9. The first kappa shape index (κ1) is 13.8. The Morgan fingerprint density at radius 3 is 2.53 bits per heavy atom. The molecular formula is C13H18N4OS. The summed E-state index contributed by atoms with van der Waals surface area (Å²) in [5.74, 6) is 0.875. The largest absolute Gasteiger partial charge is 0.494 e. The summed E-state index contributed by atoms with van der Waals surface area (Å²) in [5.41, 5.74) is 6.58. The zero-order chi connectivity index (χ0) is 13.7. The summed E-state index contributed by atoms with van der Waals surface area (Å²) in [6.45, 7) is 1.76. The Morgan fingerprint density at radius 2 is 1.95 bits per heavy atom. The predicted molar refractivity (Wildman–Crippen MR) is 78.4 cm³/mol. The molecule has 1 aromatic carbocycles. The zero-order valence-electron chi connectivity index (χ0n) is 11.2. The maximum absolute atomic E-state index is 5.67. The molecule has 6 heteroatoms. The molecule has 0 aliphatic heterocycles. The van der Waals surface area contributed by atoms with Gasteiger partial charge in [0.2, 0.25) is 5.13 Å². The lowest BCUT2D eigenvalue weighted by molar-refractivity contribution is 0.281. The Kier molecular flexibility index (Phi) is 4.70. The van der Waals surface area contributed by atoms with Crippen molar-refractivity contribution in [3.63, 3.8) is 0 Å². The van der Waals surface area contributed by atoms with Gasteiger partial charge in [-0.05, 0) is 44.8 Å². The summed E-state index contributed by atoms with van der Waals surface area (Å²) in [6.07, 6.45) is 1.02. The third-order valence-electron chi connectivity index (χ3n) is 2.56. The van der Waals surface area contributed by atoms with Gasteiger partial charge in [-0.3, -0.25) is 0 Å². The second-order valence-corrected chi connectivity index (χ2v) is 5.48. The van der Waals surface area contributed by atoms with E-state index in [1.165, 1.54) is 11.3 Å². The van der Waals surface area contributed by atoms with Crippen LogP contribution in [0.15, 0.2) is 24.3 Å². The second kappa shape index (κ2) is 6.49. The lowest BCUT2D eigenvalue weighted by Crippen LogP contribution is -2.15. The van der Waals surface area contributed by atoms with E-state index in [0.717, 1.165) is 35.9 Å². The lowest BCUT2D eigenvalue weighted by Gasteiger charge is -2.10. The summed E-state index contributed by atoms with van der Waals surface area (Å²) >= 11 is 1.38. The van der Waals surface area contributed by atoms with E-state index >= 15 is 0 Å². The number of hydrogen-bond acceptors (Lipinski definition) is 6. The van der Waals surface area contributed by atoms with Crippen LogP contribution in [0.5, 0.6) is 5.75 Å². The molecule has 5 nitrogen and oxygen atoms in total. The SMILES string of the molecule is CN(C)CCCOc1ccc(-c2nnc(N)s2)cc1. The average molecular weight is 278 g/mol. The van der Waals surface area contributed by atoms with Crippen LogP contribution in [0.3, 0.4) is 0 Å². The molecule has 2 rings (SSSR count). The lowest BCUT2D eigenvalue weighted by atomic mass is 10.2. The van der Waals surface area contributed by atoms with Crippen molar-refractivity contribution in [2.24, 2.45) is 0 Å². The van der Waals surface area contributed by atoms with Crippen molar-refractivity contribution in [2.75, 3.05) is 33.0 Å². The standard InChI is InChI=1S/C13H18N4OS/c1-17(2)8-3-9-18-11-6-4-10(5-7-11)12-15-16-13(14)19-12/h4-7H,3,8-9H2,1-2H3,(H2,14,16). The Balaban J connectivity index is 1.88. The molecule has 2 N–H and O–H groups in total. The summed E-state index contributed by atoms with van der Waals surface area (Å²) in [6, 6.07) is 7.84. The first-order valence-electron chi connectivity index (χ1n) is 6.12. The minimum absolute atomic E-state index is 0.485. The van der Waals surface area contributed by atoms with Crippen LogP contribution < -0.4 is 10.5 Å². The van der Waals surface area contributed by atoms with Crippen molar-refractivity contribution in [1.82, 2.24) is 15.1 Å². The van der Waals surface area contributed by atoms with Crippen molar-refractivity contribution in [3.05, 3.63) is 24.3 Å². The van der Waals surface area contributed by atoms with E-state index in [1.807, 2.05) is 24.3 Å². The van der Waals surface area contributed by atoms with Crippen LogP contribution >= 0.6 is 11.3 Å². The van der Waals surface area contributed by atoms with Crippen molar-refractivity contribution >= 4 is 16.5 Å². The fourth-order valence-electron chi connectivity index (χ4n) is 1.62. The molecule has 0 fully saturated rings. The number of benzene rings is 1. The van der Waals surface area contributed by atoms with E-state index in [9.17, 15) is 0 Å². The van der Waals surface area contributed by atoms with Gasteiger partial charge in [-0.15, -0.1) is 10.2 Å². The number of nitrogens with two attached hydrogens (primary N) is 1. The van der Waals surface area contributed by atoms with Crippen LogP contribution in [-0.4, -0.2) is 42.3 Å². The summed E-state index contributed by atoms with van der Waals surface area (Å²) in [5, 5.41) is 9.13. The van der Waals surface area contributed by atoms with Crippen LogP contribution in [0.2, 0.25) is 0 Å². The molecule has 102 valence electrons. The maximum atomic E-state index is 5.67. The van der Waals surface area contributed by atoms with Gasteiger partial charge >= 0.3 is 0 Å². The number of ether oxygens (including phenoxy) is 1. The van der Waals surface area contributed by atoms with Gasteiger partial charge in [0.25, 0.3) is 0 Å². The molecule has 0 atom stereocenters. The van der Waals surface area contributed by atoms with Gasteiger partial charge in [0.1, 0.15) is 10.8 Å². The van der Waals surface area contributed by atoms with Gasteiger partial charge in [0, 0.05) is 12.1 Å². The molecular weight excluding hydrogens is 260 g/mol. The Hall–Kier alpha value is -1.66. The van der Waals surface area contributed by atoms with Gasteiger partial charge in [0.15, 0.2) is 0 Å². The second-order valence-electron chi connectivity index (χ2n) is 4.48. The minimum Gasteiger partial charge on any atom is -0.494 e. The van der Waals surface area contributed by atoms with E-state index in [1.54, 1.807) is 0 Å². The third kappa shape index (κ3) is 4.18. The van der Waals surface area contributed by atoms with Crippen molar-refractivity contribution in [3.8, 4) is 16.3 Å². The summed E-state index contributed by atoms with van der Waals surface area (Å²) < 4.78 is 5.67. The molecule has 0 saturated carbocycles. The number of rotatable bonds is 6. The number of nitrogens with zero attached hydrogens (tertiary/aromatic N) is 3. The van der Waals surface area contributed by atoms with Crippen molar-refractivity contribution < 1.29 is 4.74 Å². The van der Waals surface area contributed by atoms with E-state index in [-0.39, 0.29) is 0 Å². The molecule has 0 amide bonds. The highest BCUT2D eigenvalue weighted by molar-refractivity contribution is 7.18. The van der Waals surface area contributed by atoms with Gasteiger partial charge in [0.05, 0.1) is 6.61 Å². The highest BCUT2D eigenvalue weighted by Crippen LogP contribution is 2.26. The quantitative estimate of drug-likeness (QED) is 0.820. The first-order chi connectivity index (χ1) is 9.15.